The Morgan fingerprint density at radius 2 is 2.04 bits per heavy atom. The van der Waals surface area contributed by atoms with Crippen molar-refractivity contribution in [2.75, 3.05) is 32.8 Å². The predicted octanol–water partition coefficient (Wildman–Crippen LogP) is 2.87. The lowest BCUT2D eigenvalue weighted by molar-refractivity contribution is -0.00477. The molecule has 0 bridgehead atoms. The molecule has 3 heterocycles. The van der Waals surface area contributed by atoms with Gasteiger partial charge in [-0.05, 0) is 82.0 Å². The van der Waals surface area contributed by atoms with Gasteiger partial charge in [-0.25, -0.2) is 4.79 Å². The van der Waals surface area contributed by atoms with E-state index < -0.39 is 0 Å². The fourth-order valence-electron chi connectivity index (χ4n) is 5.33. The van der Waals surface area contributed by atoms with Crippen LogP contribution in [0.1, 0.15) is 56.1 Å². The summed E-state index contributed by atoms with van der Waals surface area (Å²) in [5, 5.41) is 0. The molecule has 2 aliphatic heterocycles. The van der Waals surface area contributed by atoms with Gasteiger partial charge in [0.2, 0.25) is 0 Å². The summed E-state index contributed by atoms with van der Waals surface area (Å²) in [6.07, 6.45) is 7.25. The zero-order chi connectivity index (χ0) is 19.0. The number of H-pyrrole nitrogens is 1. The van der Waals surface area contributed by atoms with Gasteiger partial charge in [0.15, 0.2) is 0 Å². The lowest BCUT2D eigenvalue weighted by atomic mass is 9.64. The minimum atomic E-state index is -0.151. The molecule has 1 aromatic rings. The van der Waals surface area contributed by atoms with Crippen molar-refractivity contribution < 1.29 is 9.53 Å². The number of rotatable bonds is 3. The van der Waals surface area contributed by atoms with E-state index in [1.54, 1.807) is 6.20 Å². The van der Waals surface area contributed by atoms with Crippen LogP contribution in [0.15, 0.2) is 17.1 Å². The van der Waals surface area contributed by atoms with Crippen LogP contribution in [0, 0.1) is 12.3 Å². The first kappa shape index (κ1) is 18.5. The molecule has 1 amide bonds. The Balaban J connectivity index is 1.28. The van der Waals surface area contributed by atoms with Crippen molar-refractivity contribution >= 4 is 6.09 Å². The molecular weight excluding hydrogens is 342 g/mol. The standard InChI is InChI=1S/C21H31N3O3/c1-3-27-20(26)24-9-6-21(14-24)11-17(12-21)23-7-4-16(5-8-23)18-10-15(2)13-22-19(18)25/h10,13,16-17H,3-9,11-12,14H2,1-2H3,(H,22,25). The number of aromatic amines is 1. The lowest BCUT2D eigenvalue weighted by Gasteiger charge is -2.51. The van der Waals surface area contributed by atoms with Crippen LogP contribution in [-0.2, 0) is 4.74 Å². The Morgan fingerprint density at radius 3 is 2.74 bits per heavy atom. The zero-order valence-electron chi connectivity index (χ0n) is 16.5. The van der Waals surface area contributed by atoms with Crippen LogP contribution in [0.4, 0.5) is 4.79 Å². The maximum absolute atomic E-state index is 12.1. The molecule has 6 nitrogen and oxygen atoms in total. The number of pyridine rings is 1. The molecular formula is C21H31N3O3. The normalized spacial score (nSPS) is 29.1. The van der Waals surface area contributed by atoms with E-state index >= 15 is 0 Å². The van der Waals surface area contributed by atoms with Gasteiger partial charge in [-0.3, -0.25) is 4.79 Å². The van der Waals surface area contributed by atoms with E-state index in [2.05, 4.69) is 16.0 Å². The molecule has 1 aliphatic carbocycles. The van der Waals surface area contributed by atoms with Gasteiger partial charge < -0.3 is 19.5 Å². The molecule has 0 aromatic carbocycles. The molecule has 3 aliphatic rings. The summed E-state index contributed by atoms with van der Waals surface area (Å²) in [4.78, 5) is 31.4. The number of ether oxygens (including phenoxy) is 1. The molecule has 1 N–H and O–H groups in total. The van der Waals surface area contributed by atoms with Crippen molar-refractivity contribution in [1.82, 2.24) is 14.8 Å². The van der Waals surface area contributed by atoms with E-state index in [4.69, 9.17) is 4.74 Å². The molecule has 3 fully saturated rings. The third-order valence-electron chi connectivity index (χ3n) is 6.86. The van der Waals surface area contributed by atoms with Gasteiger partial charge in [-0.15, -0.1) is 0 Å². The molecule has 0 unspecified atom stereocenters. The number of nitrogens with one attached hydrogen (secondary N) is 1. The quantitative estimate of drug-likeness (QED) is 0.885. The Labute approximate surface area is 160 Å². The Morgan fingerprint density at radius 1 is 1.30 bits per heavy atom. The minimum Gasteiger partial charge on any atom is -0.450 e. The Hall–Kier alpha value is -1.82. The van der Waals surface area contributed by atoms with Crippen molar-refractivity contribution in [3.63, 3.8) is 0 Å². The summed E-state index contributed by atoms with van der Waals surface area (Å²) in [6, 6.07) is 2.70. The number of likely N-dealkylation sites (tertiary alicyclic amines) is 2. The van der Waals surface area contributed by atoms with Crippen LogP contribution < -0.4 is 5.56 Å². The number of nitrogens with zero attached hydrogens (tertiary/aromatic N) is 2. The molecule has 27 heavy (non-hydrogen) atoms. The molecule has 1 spiro atoms. The van der Waals surface area contributed by atoms with Crippen LogP contribution >= 0.6 is 0 Å². The van der Waals surface area contributed by atoms with Crippen LogP contribution in [0.3, 0.4) is 0 Å². The highest BCUT2D eigenvalue weighted by Gasteiger charge is 2.51. The number of hydrogen-bond donors (Lipinski definition) is 1. The predicted molar refractivity (Wildman–Crippen MR) is 104 cm³/mol. The number of aryl methyl sites for hydroxylation is 1. The zero-order valence-corrected chi connectivity index (χ0v) is 16.5. The van der Waals surface area contributed by atoms with Crippen molar-refractivity contribution in [2.24, 2.45) is 5.41 Å². The number of hydrogen-bond acceptors (Lipinski definition) is 4. The summed E-state index contributed by atoms with van der Waals surface area (Å²) >= 11 is 0. The molecule has 6 heteroatoms. The molecule has 2 saturated heterocycles. The van der Waals surface area contributed by atoms with Gasteiger partial charge in [0.05, 0.1) is 6.61 Å². The van der Waals surface area contributed by atoms with Gasteiger partial charge >= 0.3 is 6.09 Å². The van der Waals surface area contributed by atoms with E-state index in [1.807, 2.05) is 18.7 Å². The SMILES string of the molecule is CCOC(=O)N1CCC2(CC(N3CCC(c4cc(C)c[nH]c4=O)CC3)C2)C1. The molecule has 148 valence electrons. The van der Waals surface area contributed by atoms with Crippen molar-refractivity contribution in [1.29, 1.82) is 0 Å². The monoisotopic (exact) mass is 373 g/mol. The molecule has 0 atom stereocenters. The number of aromatic nitrogens is 1. The minimum absolute atomic E-state index is 0.0756. The third kappa shape index (κ3) is 3.64. The van der Waals surface area contributed by atoms with Gasteiger partial charge in [-0.1, -0.05) is 0 Å². The van der Waals surface area contributed by atoms with Crippen molar-refractivity contribution in [2.45, 2.75) is 57.9 Å². The summed E-state index contributed by atoms with van der Waals surface area (Å²) in [5.41, 5.74) is 2.48. The highest BCUT2D eigenvalue weighted by atomic mass is 16.6. The van der Waals surface area contributed by atoms with Crippen LogP contribution in [0.5, 0.6) is 0 Å². The second-order valence-electron chi connectivity index (χ2n) is 8.70. The maximum atomic E-state index is 12.1. The van der Waals surface area contributed by atoms with Gasteiger partial charge in [0.1, 0.15) is 0 Å². The van der Waals surface area contributed by atoms with E-state index in [9.17, 15) is 9.59 Å². The van der Waals surface area contributed by atoms with E-state index in [1.165, 1.54) is 12.8 Å². The number of amides is 1. The van der Waals surface area contributed by atoms with Crippen molar-refractivity contribution in [3.05, 3.63) is 33.7 Å². The summed E-state index contributed by atoms with van der Waals surface area (Å²) in [5.74, 6) is 0.379. The second kappa shape index (κ2) is 7.30. The second-order valence-corrected chi connectivity index (χ2v) is 8.70. The fourth-order valence-corrected chi connectivity index (χ4v) is 5.33. The summed E-state index contributed by atoms with van der Waals surface area (Å²) in [6.45, 7) is 8.17. The lowest BCUT2D eigenvalue weighted by Crippen LogP contribution is -2.54. The topological polar surface area (TPSA) is 65.6 Å². The molecule has 4 rings (SSSR count). The number of carbonyl (C=O) groups is 1. The summed E-state index contributed by atoms with van der Waals surface area (Å²) < 4.78 is 5.15. The van der Waals surface area contributed by atoms with Crippen LogP contribution in [0.25, 0.3) is 0 Å². The average molecular weight is 373 g/mol. The Kier molecular flexibility index (Phi) is 5.01. The molecule has 1 aromatic heterocycles. The fraction of sp³-hybridized carbons (Fsp3) is 0.714. The first-order valence-corrected chi connectivity index (χ1v) is 10.3. The van der Waals surface area contributed by atoms with Gasteiger partial charge in [0, 0.05) is 30.9 Å². The first-order valence-electron chi connectivity index (χ1n) is 10.3. The summed E-state index contributed by atoms with van der Waals surface area (Å²) in [7, 11) is 0. The van der Waals surface area contributed by atoms with Gasteiger partial charge in [0.25, 0.3) is 5.56 Å². The Bertz CT molecular complexity index is 745. The number of carbonyl (C=O) groups excluding carboxylic acids is 1. The van der Waals surface area contributed by atoms with Crippen LogP contribution in [-0.4, -0.2) is 59.7 Å². The first-order chi connectivity index (χ1) is 13.0. The number of piperidine rings is 1. The van der Waals surface area contributed by atoms with Crippen molar-refractivity contribution in [3.8, 4) is 0 Å². The van der Waals surface area contributed by atoms with E-state index in [0.717, 1.165) is 56.6 Å². The maximum Gasteiger partial charge on any atom is 0.409 e. The van der Waals surface area contributed by atoms with Crippen LogP contribution in [0.2, 0.25) is 0 Å². The molecule has 1 saturated carbocycles. The third-order valence-corrected chi connectivity index (χ3v) is 6.86. The van der Waals surface area contributed by atoms with E-state index in [-0.39, 0.29) is 11.7 Å². The molecule has 0 radical (unpaired) electrons. The van der Waals surface area contributed by atoms with Gasteiger partial charge in [-0.2, -0.15) is 0 Å². The largest absolute Gasteiger partial charge is 0.450 e. The highest BCUT2D eigenvalue weighted by Crippen LogP contribution is 2.50. The highest BCUT2D eigenvalue weighted by molar-refractivity contribution is 5.68. The van der Waals surface area contributed by atoms with E-state index in [0.29, 0.717) is 24.0 Å². The smallest absolute Gasteiger partial charge is 0.409 e. The average Bonchev–Trinajstić information content (AvgIpc) is 3.09.